The highest BCUT2D eigenvalue weighted by Gasteiger charge is 2.42. The van der Waals surface area contributed by atoms with Crippen LogP contribution >= 0.6 is 27.3 Å². The van der Waals surface area contributed by atoms with Crippen molar-refractivity contribution in [2.45, 2.75) is 72.3 Å². The summed E-state index contributed by atoms with van der Waals surface area (Å²) in [6, 6.07) is 2.90. The molecule has 0 aliphatic heterocycles. The SMILES string of the molecule is CCCNC(c1cc(Br)sc1C)C1(CC(C)C)CCCC1. The van der Waals surface area contributed by atoms with Crippen molar-refractivity contribution in [3.63, 3.8) is 0 Å². The predicted octanol–water partition coefficient (Wildman–Crippen LogP) is 6.47. The first kappa shape index (κ1) is 17.5. The van der Waals surface area contributed by atoms with Crippen LogP contribution in [-0.2, 0) is 0 Å². The van der Waals surface area contributed by atoms with Gasteiger partial charge in [-0.3, -0.25) is 0 Å². The maximum absolute atomic E-state index is 3.91. The van der Waals surface area contributed by atoms with Gasteiger partial charge >= 0.3 is 0 Å². The molecule has 1 aliphatic carbocycles. The zero-order valence-corrected chi connectivity index (χ0v) is 16.4. The number of hydrogen-bond donors (Lipinski definition) is 1. The molecule has 1 unspecified atom stereocenters. The lowest BCUT2D eigenvalue weighted by Gasteiger charge is -2.40. The third-order valence-corrected chi connectivity index (χ3v) is 6.43. The molecule has 0 radical (unpaired) electrons. The van der Waals surface area contributed by atoms with Gasteiger partial charge in [0.1, 0.15) is 0 Å². The lowest BCUT2D eigenvalue weighted by Crippen LogP contribution is -2.38. The number of thiophene rings is 1. The van der Waals surface area contributed by atoms with Gasteiger partial charge in [-0.15, -0.1) is 11.3 Å². The molecule has 1 fully saturated rings. The summed E-state index contributed by atoms with van der Waals surface area (Å²) in [4.78, 5) is 1.48. The van der Waals surface area contributed by atoms with Crippen molar-refractivity contribution < 1.29 is 0 Å². The lowest BCUT2D eigenvalue weighted by molar-refractivity contribution is 0.155. The monoisotopic (exact) mass is 371 g/mol. The Morgan fingerprint density at radius 3 is 2.48 bits per heavy atom. The summed E-state index contributed by atoms with van der Waals surface area (Å²) in [6.07, 6.45) is 8.14. The molecule has 1 aliphatic rings. The number of aryl methyl sites for hydroxylation is 1. The molecule has 1 N–H and O–H groups in total. The zero-order chi connectivity index (χ0) is 15.5. The van der Waals surface area contributed by atoms with E-state index < -0.39 is 0 Å². The Labute approximate surface area is 143 Å². The number of halogens is 1. The molecular weight excluding hydrogens is 342 g/mol. The minimum atomic E-state index is 0.467. The van der Waals surface area contributed by atoms with Crippen LogP contribution in [0.5, 0.6) is 0 Å². The van der Waals surface area contributed by atoms with E-state index in [1.165, 1.54) is 47.2 Å². The Kier molecular flexibility index (Phi) is 6.34. The minimum Gasteiger partial charge on any atom is -0.309 e. The second kappa shape index (κ2) is 7.61. The highest BCUT2D eigenvalue weighted by molar-refractivity contribution is 9.11. The van der Waals surface area contributed by atoms with Crippen LogP contribution in [0, 0.1) is 18.3 Å². The highest BCUT2D eigenvalue weighted by atomic mass is 79.9. The highest BCUT2D eigenvalue weighted by Crippen LogP contribution is 2.53. The molecule has 2 rings (SSSR count). The van der Waals surface area contributed by atoms with Gasteiger partial charge in [0, 0.05) is 10.9 Å². The van der Waals surface area contributed by atoms with E-state index in [9.17, 15) is 0 Å². The average Bonchev–Trinajstić information content (AvgIpc) is 2.97. The topological polar surface area (TPSA) is 12.0 Å². The van der Waals surface area contributed by atoms with Gasteiger partial charge in [-0.1, -0.05) is 33.6 Å². The first-order chi connectivity index (χ1) is 9.98. The molecule has 1 aromatic rings. The normalized spacial score (nSPS) is 19.3. The van der Waals surface area contributed by atoms with Crippen molar-refractivity contribution in [1.29, 1.82) is 0 Å². The molecule has 1 saturated carbocycles. The Bertz CT molecular complexity index is 446. The smallest absolute Gasteiger partial charge is 0.0704 e. The summed E-state index contributed by atoms with van der Waals surface area (Å²) in [5, 5.41) is 3.91. The van der Waals surface area contributed by atoms with Gasteiger partial charge in [0.25, 0.3) is 0 Å². The van der Waals surface area contributed by atoms with Gasteiger partial charge in [-0.25, -0.2) is 0 Å². The second-order valence-corrected chi connectivity index (χ2v) is 9.75. The largest absolute Gasteiger partial charge is 0.309 e. The lowest BCUT2D eigenvalue weighted by atomic mass is 9.70. The Hall–Kier alpha value is 0.140. The molecule has 1 heterocycles. The van der Waals surface area contributed by atoms with E-state index in [0.717, 1.165) is 12.5 Å². The summed E-state index contributed by atoms with van der Waals surface area (Å²) in [6.45, 7) is 10.4. The molecular formula is C18H30BrNS. The molecule has 0 bridgehead atoms. The van der Waals surface area contributed by atoms with Crippen LogP contribution in [0.2, 0.25) is 0 Å². The summed E-state index contributed by atoms with van der Waals surface area (Å²) < 4.78 is 1.27. The van der Waals surface area contributed by atoms with Crippen LogP contribution in [0.3, 0.4) is 0 Å². The third-order valence-electron chi connectivity index (χ3n) is 4.86. The van der Waals surface area contributed by atoms with Crippen LogP contribution in [-0.4, -0.2) is 6.54 Å². The van der Waals surface area contributed by atoms with Crippen molar-refractivity contribution in [1.82, 2.24) is 5.32 Å². The van der Waals surface area contributed by atoms with Crippen LogP contribution in [0.1, 0.15) is 75.8 Å². The van der Waals surface area contributed by atoms with E-state index in [2.05, 4.69) is 55.0 Å². The van der Waals surface area contributed by atoms with Gasteiger partial charge in [0.05, 0.1) is 3.79 Å². The third kappa shape index (κ3) is 4.11. The number of nitrogens with one attached hydrogen (secondary N) is 1. The Morgan fingerprint density at radius 2 is 2.00 bits per heavy atom. The van der Waals surface area contributed by atoms with E-state index in [-0.39, 0.29) is 0 Å². The van der Waals surface area contributed by atoms with E-state index in [0.29, 0.717) is 11.5 Å². The molecule has 0 spiro atoms. The molecule has 1 atom stereocenters. The van der Waals surface area contributed by atoms with Gasteiger partial charge in [0.15, 0.2) is 0 Å². The molecule has 21 heavy (non-hydrogen) atoms. The van der Waals surface area contributed by atoms with Crippen molar-refractivity contribution in [2.24, 2.45) is 11.3 Å². The Balaban J connectivity index is 2.34. The van der Waals surface area contributed by atoms with Crippen molar-refractivity contribution >= 4 is 27.3 Å². The van der Waals surface area contributed by atoms with Crippen LogP contribution in [0.4, 0.5) is 0 Å². The maximum atomic E-state index is 3.91. The van der Waals surface area contributed by atoms with E-state index in [1.54, 1.807) is 5.56 Å². The summed E-state index contributed by atoms with van der Waals surface area (Å²) in [7, 11) is 0. The van der Waals surface area contributed by atoms with Crippen LogP contribution in [0.25, 0.3) is 0 Å². The molecule has 1 aromatic heterocycles. The van der Waals surface area contributed by atoms with Crippen molar-refractivity contribution in [3.8, 4) is 0 Å². The molecule has 3 heteroatoms. The van der Waals surface area contributed by atoms with Crippen LogP contribution in [0.15, 0.2) is 9.85 Å². The van der Waals surface area contributed by atoms with E-state index in [4.69, 9.17) is 0 Å². The summed E-state index contributed by atoms with van der Waals surface area (Å²) in [5.41, 5.74) is 2.01. The molecule has 0 amide bonds. The fourth-order valence-electron chi connectivity index (χ4n) is 4.19. The predicted molar refractivity (Wildman–Crippen MR) is 98.1 cm³/mol. The summed E-state index contributed by atoms with van der Waals surface area (Å²) >= 11 is 5.57. The van der Waals surface area contributed by atoms with Gasteiger partial charge in [-0.05, 0) is 78.0 Å². The minimum absolute atomic E-state index is 0.467. The average molecular weight is 372 g/mol. The van der Waals surface area contributed by atoms with Gasteiger partial charge in [0.2, 0.25) is 0 Å². The van der Waals surface area contributed by atoms with Crippen molar-refractivity contribution in [3.05, 3.63) is 20.3 Å². The fourth-order valence-corrected chi connectivity index (χ4v) is 5.94. The van der Waals surface area contributed by atoms with Gasteiger partial charge in [-0.2, -0.15) is 0 Å². The number of rotatable bonds is 7. The van der Waals surface area contributed by atoms with E-state index >= 15 is 0 Å². The van der Waals surface area contributed by atoms with Gasteiger partial charge < -0.3 is 5.32 Å². The van der Waals surface area contributed by atoms with Crippen LogP contribution < -0.4 is 5.32 Å². The molecule has 0 aromatic carbocycles. The maximum Gasteiger partial charge on any atom is 0.0704 e. The number of hydrogen-bond acceptors (Lipinski definition) is 2. The van der Waals surface area contributed by atoms with Crippen molar-refractivity contribution in [2.75, 3.05) is 6.54 Å². The zero-order valence-electron chi connectivity index (χ0n) is 14.0. The molecule has 1 nitrogen and oxygen atoms in total. The standard InChI is InChI=1S/C18H30BrNS/c1-5-10-20-17(15-11-16(19)21-14(15)4)18(12-13(2)3)8-6-7-9-18/h11,13,17,20H,5-10,12H2,1-4H3. The molecule has 0 saturated heterocycles. The van der Waals surface area contributed by atoms with E-state index in [1.807, 2.05) is 11.3 Å². The summed E-state index contributed by atoms with van der Waals surface area (Å²) in [5.74, 6) is 0.774. The Morgan fingerprint density at radius 1 is 1.33 bits per heavy atom. The first-order valence-electron chi connectivity index (χ1n) is 8.47. The molecule has 120 valence electrons. The fraction of sp³-hybridized carbons (Fsp3) is 0.778. The second-order valence-electron chi connectivity index (χ2n) is 7.12. The quantitative estimate of drug-likeness (QED) is 0.579. The first-order valence-corrected chi connectivity index (χ1v) is 10.1.